The number of urea groups is 1. The zero-order valence-corrected chi connectivity index (χ0v) is 18.4. The first-order valence-electron chi connectivity index (χ1n) is 10.6. The number of aryl methyl sites for hydroxylation is 2. The largest absolute Gasteiger partial charge is 0.323 e. The summed E-state index contributed by atoms with van der Waals surface area (Å²) in [4.78, 5) is 52.5. The molecule has 1 unspecified atom stereocenters. The van der Waals surface area contributed by atoms with Gasteiger partial charge in [0.2, 0.25) is 11.8 Å². The normalized spacial score (nSPS) is 17.8. The van der Waals surface area contributed by atoms with Crippen LogP contribution < -0.4 is 10.6 Å². The summed E-state index contributed by atoms with van der Waals surface area (Å²) in [5.74, 6) is -0.972. The van der Waals surface area contributed by atoms with Gasteiger partial charge in [-0.3, -0.25) is 19.7 Å². The quantitative estimate of drug-likeness (QED) is 0.723. The first kappa shape index (κ1) is 21.5. The van der Waals surface area contributed by atoms with Crippen molar-refractivity contribution in [2.75, 3.05) is 12.4 Å². The summed E-state index contributed by atoms with van der Waals surface area (Å²) in [6.45, 7) is 4.61. The SMILES string of the molecule is Cc1ccc(NC(=O)N(C)Cc2cccc3c2CN(C2CCC(=O)NC2=O)C3=O)cc1C. The van der Waals surface area contributed by atoms with Crippen molar-refractivity contribution in [2.45, 2.75) is 45.8 Å². The van der Waals surface area contributed by atoms with Gasteiger partial charge < -0.3 is 15.1 Å². The molecule has 2 aromatic rings. The van der Waals surface area contributed by atoms with Gasteiger partial charge in [-0.2, -0.15) is 0 Å². The summed E-state index contributed by atoms with van der Waals surface area (Å²) in [6.07, 6.45) is 0.531. The van der Waals surface area contributed by atoms with Gasteiger partial charge in [0.05, 0.1) is 0 Å². The van der Waals surface area contributed by atoms with Crippen LogP contribution >= 0.6 is 0 Å². The lowest BCUT2D eigenvalue weighted by Crippen LogP contribution is -2.52. The third-order valence-electron chi connectivity index (χ3n) is 6.19. The molecule has 0 aliphatic carbocycles. The predicted molar refractivity (Wildman–Crippen MR) is 119 cm³/mol. The molecule has 5 amide bonds. The molecular weight excluding hydrogens is 408 g/mol. The van der Waals surface area contributed by atoms with Crippen LogP contribution in [0, 0.1) is 13.8 Å². The van der Waals surface area contributed by atoms with Gasteiger partial charge in [0.1, 0.15) is 6.04 Å². The molecule has 2 aliphatic heterocycles. The van der Waals surface area contributed by atoms with E-state index in [1.165, 1.54) is 4.90 Å². The molecule has 0 spiro atoms. The van der Waals surface area contributed by atoms with Crippen molar-refractivity contribution in [3.8, 4) is 0 Å². The van der Waals surface area contributed by atoms with Crippen LogP contribution in [0.3, 0.4) is 0 Å². The van der Waals surface area contributed by atoms with E-state index in [9.17, 15) is 19.2 Å². The standard InChI is InChI=1S/C24H26N4O4/c1-14-7-8-17(11-15(14)2)25-24(32)27(3)12-16-5-4-6-18-19(16)13-28(23(18)31)20-9-10-21(29)26-22(20)30/h4-8,11,20H,9-10,12-13H2,1-3H3,(H,25,32)(H,26,29,30). The van der Waals surface area contributed by atoms with E-state index in [1.807, 2.05) is 38.1 Å². The van der Waals surface area contributed by atoms with Crippen LogP contribution in [0.2, 0.25) is 0 Å². The van der Waals surface area contributed by atoms with Gasteiger partial charge in [-0.1, -0.05) is 18.2 Å². The van der Waals surface area contributed by atoms with Gasteiger partial charge in [-0.15, -0.1) is 0 Å². The lowest BCUT2D eigenvalue weighted by molar-refractivity contribution is -0.136. The van der Waals surface area contributed by atoms with Crippen LogP contribution in [0.15, 0.2) is 36.4 Å². The van der Waals surface area contributed by atoms with Gasteiger partial charge in [-0.05, 0) is 60.7 Å². The zero-order chi connectivity index (χ0) is 23.0. The maximum Gasteiger partial charge on any atom is 0.321 e. The van der Waals surface area contributed by atoms with E-state index in [4.69, 9.17) is 0 Å². The van der Waals surface area contributed by atoms with Crippen molar-refractivity contribution in [1.29, 1.82) is 0 Å². The molecule has 8 nitrogen and oxygen atoms in total. The number of imide groups is 1. The number of hydrogen-bond donors (Lipinski definition) is 2. The Labute approximate surface area is 186 Å². The minimum absolute atomic E-state index is 0.213. The predicted octanol–water partition coefficient (Wildman–Crippen LogP) is 2.73. The topological polar surface area (TPSA) is 98.8 Å². The summed E-state index contributed by atoms with van der Waals surface area (Å²) in [5.41, 5.74) is 5.17. The molecule has 32 heavy (non-hydrogen) atoms. The third kappa shape index (κ3) is 4.08. The molecule has 2 aliphatic rings. The van der Waals surface area contributed by atoms with Gasteiger partial charge in [0.15, 0.2) is 0 Å². The van der Waals surface area contributed by atoms with Crippen LogP contribution in [0.4, 0.5) is 10.5 Å². The van der Waals surface area contributed by atoms with Crippen LogP contribution in [0.5, 0.6) is 0 Å². The van der Waals surface area contributed by atoms with Crippen molar-refractivity contribution in [3.05, 3.63) is 64.2 Å². The summed E-state index contributed by atoms with van der Waals surface area (Å²) in [6, 6.07) is 10.3. The lowest BCUT2D eigenvalue weighted by atomic mass is 10.0. The molecule has 8 heteroatoms. The number of piperidine rings is 1. The zero-order valence-electron chi connectivity index (χ0n) is 18.4. The molecule has 0 aromatic heterocycles. The maximum atomic E-state index is 13.0. The second kappa shape index (κ2) is 8.45. The number of fused-ring (bicyclic) bond motifs is 1. The van der Waals surface area contributed by atoms with Gasteiger partial charge in [0.25, 0.3) is 5.91 Å². The lowest BCUT2D eigenvalue weighted by Gasteiger charge is -2.29. The maximum absolute atomic E-state index is 13.0. The average molecular weight is 434 g/mol. The number of nitrogens with one attached hydrogen (secondary N) is 2. The Kier molecular flexibility index (Phi) is 5.69. The summed E-state index contributed by atoms with van der Waals surface area (Å²) < 4.78 is 0. The summed E-state index contributed by atoms with van der Waals surface area (Å²) in [5, 5.41) is 5.21. The highest BCUT2D eigenvalue weighted by Crippen LogP contribution is 2.30. The Morgan fingerprint density at radius 2 is 1.94 bits per heavy atom. The highest BCUT2D eigenvalue weighted by atomic mass is 16.2. The van der Waals surface area contributed by atoms with E-state index >= 15 is 0 Å². The van der Waals surface area contributed by atoms with Crippen LogP contribution in [-0.4, -0.2) is 46.6 Å². The van der Waals surface area contributed by atoms with Crippen molar-refractivity contribution >= 4 is 29.4 Å². The molecule has 1 fully saturated rings. The van der Waals surface area contributed by atoms with Gasteiger partial charge in [-0.25, -0.2) is 4.79 Å². The van der Waals surface area contributed by atoms with Crippen molar-refractivity contribution in [1.82, 2.24) is 15.1 Å². The molecule has 0 radical (unpaired) electrons. The highest BCUT2D eigenvalue weighted by Gasteiger charge is 2.39. The molecule has 0 saturated carbocycles. The van der Waals surface area contributed by atoms with Crippen molar-refractivity contribution < 1.29 is 19.2 Å². The number of carbonyl (C=O) groups excluding carboxylic acids is 4. The Hall–Kier alpha value is -3.68. The molecular formula is C24H26N4O4. The van der Waals surface area contributed by atoms with Crippen molar-refractivity contribution in [3.63, 3.8) is 0 Å². The molecule has 1 atom stereocenters. The highest BCUT2D eigenvalue weighted by molar-refractivity contribution is 6.05. The second-order valence-corrected chi connectivity index (χ2v) is 8.43. The molecule has 1 saturated heterocycles. The Morgan fingerprint density at radius 3 is 2.66 bits per heavy atom. The van der Waals surface area contributed by atoms with E-state index in [2.05, 4.69) is 10.6 Å². The van der Waals surface area contributed by atoms with Gasteiger partial charge >= 0.3 is 6.03 Å². The number of benzene rings is 2. The second-order valence-electron chi connectivity index (χ2n) is 8.43. The van der Waals surface area contributed by atoms with Crippen LogP contribution in [0.25, 0.3) is 0 Å². The molecule has 0 bridgehead atoms. The number of rotatable bonds is 4. The summed E-state index contributed by atoms with van der Waals surface area (Å²) >= 11 is 0. The molecule has 2 heterocycles. The Bertz CT molecular complexity index is 1130. The smallest absolute Gasteiger partial charge is 0.321 e. The fourth-order valence-electron chi connectivity index (χ4n) is 4.16. The first-order valence-corrected chi connectivity index (χ1v) is 10.6. The number of carbonyl (C=O) groups is 4. The average Bonchev–Trinajstić information content (AvgIpc) is 3.08. The number of hydrogen-bond acceptors (Lipinski definition) is 4. The summed E-state index contributed by atoms with van der Waals surface area (Å²) in [7, 11) is 1.70. The molecule has 4 rings (SSSR count). The van der Waals surface area contributed by atoms with Gasteiger partial charge in [0, 0.05) is 37.8 Å². The fraction of sp³-hybridized carbons (Fsp3) is 0.333. The van der Waals surface area contributed by atoms with Crippen LogP contribution in [0.1, 0.15) is 45.5 Å². The van der Waals surface area contributed by atoms with E-state index < -0.39 is 11.9 Å². The molecule has 2 aromatic carbocycles. The van der Waals surface area contributed by atoms with E-state index in [-0.39, 0.29) is 30.8 Å². The minimum atomic E-state index is -0.661. The monoisotopic (exact) mass is 434 g/mol. The minimum Gasteiger partial charge on any atom is -0.323 e. The molecule has 166 valence electrons. The third-order valence-corrected chi connectivity index (χ3v) is 6.19. The molecule has 2 N–H and O–H groups in total. The van der Waals surface area contributed by atoms with Crippen LogP contribution in [-0.2, 0) is 22.7 Å². The fourth-order valence-corrected chi connectivity index (χ4v) is 4.16. The van der Waals surface area contributed by atoms with Crippen molar-refractivity contribution in [2.24, 2.45) is 0 Å². The number of amides is 5. The number of anilines is 1. The first-order chi connectivity index (χ1) is 15.2. The van der Waals surface area contributed by atoms with E-state index in [1.54, 1.807) is 24.1 Å². The Morgan fingerprint density at radius 1 is 1.16 bits per heavy atom. The van der Waals surface area contributed by atoms with E-state index in [0.717, 1.165) is 27.9 Å². The van der Waals surface area contributed by atoms with E-state index in [0.29, 0.717) is 18.5 Å². The Balaban J connectivity index is 1.48. The number of nitrogens with zero attached hydrogens (tertiary/aromatic N) is 2.